The van der Waals surface area contributed by atoms with Crippen LogP contribution in [-0.2, 0) is 0 Å². The number of nitro groups is 1. The molecule has 9 nitrogen and oxygen atoms in total. The van der Waals surface area contributed by atoms with E-state index in [1.165, 1.54) is 0 Å². The normalized spacial score (nSPS) is 12.2. The van der Waals surface area contributed by atoms with Crippen molar-refractivity contribution >= 4 is 17.3 Å². The van der Waals surface area contributed by atoms with Crippen LogP contribution in [0.2, 0.25) is 0 Å². The Morgan fingerprint density at radius 3 is 2.76 bits per heavy atom. The molecular formula is C12H11N7O2. The van der Waals surface area contributed by atoms with Gasteiger partial charge in [0.2, 0.25) is 5.95 Å². The van der Waals surface area contributed by atoms with Crippen LogP contribution in [0.4, 0.5) is 11.6 Å². The second kappa shape index (κ2) is 5.12. The van der Waals surface area contributed by atoms with Crippen molar-refractivity contribution in [1.82, 2.24) is 24.6 Å². The van der Waals surface area contributed by atoms with Crippen molar-refractivity contribution in [3.05, 3.63) is 52.7 Å². The highest BCUT2D eigenvalue weighted by Crippen LogP contribution is 2.16. The fourth-order valence-corrected chi connectivity index (χ4v) is 1.90. The minimum absolute atomic E-state index is 0.152. The quantitative estimate of drug-likeness (QED) is 0.572. The summed E-state index contributed by atoms with van der Waals surface area (Å²) < 4.78 is 1.85. The van der Waals surface area contributed by atoms with Crippen molar-refractivity contribution in [2.24, 2.45) is 0 Å². The number of hydrogen-bond donors (Lipinski definition) is 1. The number of anilines is 1. The fraction of sp³-hybridized carbons (Fsp3) is 0.167. The van der Waals surface area contributed by atoms with Gasteiger partial charge >= 0.3 is 5.69 Å². The predicted molar refractivity (Wildman–Crippen MR) is 73.7 cm³/mol. The molecule has 0 aromatic carbocycles. The number of aromatic nitrogens is 5. The van der Waals surface area contributed by atoms with E-state index in [9.17, 15) is 10.1 Å². The number of pyridine rings is 1. The zero-order chi connectivity index (χ0) is 14.8. The molecule has 0 amide bonds. The molecule has 0 spiro atoms. The Labute approximate surface area is 118 Å². The molecule has 0 bridgehead atoms. The van der Waals surface area contributed by atoms with Crippen molar-refractivity contribution in [2.75, 3.05) is 5.32 Å². The van der Waals surface area contributed by atoms with Gasteiger partial charge in [0.1, 0.15) is 12.4 Å². The van der Waals surface area contributed by atoms with E-state index in [0.717, 1.165) is 18.0 Å². The van der Waals surface area contributed by atoms with Crippen molar-refractivity contribution in [1.29, 1.82) is 0 Å². The topological polar surface area (TPSA) is 111 Å². The SMILES string of the molecule is CC(Nc1ncc([N+](=O)[O-])cn1)c1nnc2ccccn12. The Morgan fingerprint density at radius 2 is 2.05 bits per heavy atom. The van der Waals surface area contributed by atoms with Crippen molar-refractivity contribution in [2.45, 2.75) is 13.0 Å². The van der Waals surface area contributed by atoms with E-state index in [4.69, 9.17) is 0 Å². The molecule has 3 aromatic rings. The Morgan fingerprint density at radius 1 is 1.29 bits per heavy atom. The molecule has 3 aromatic heterocycles. The van der Waals surface area contributed by atoms with E-state index in [0.29, 0.717) is 11.8 Å². The van der Waals surface area contributed by atoms with Gasteiger partial charge in [-0.1, -0.05) is 6.07 Å². The van der Waals surface area contributed by atoms with Crippen molar-refractivity contribution in [3.8, 4) is 0 Å². The van der Waals surface area contributed by atoms with E-state index in [1.54, 1.807) is 0 Å². The summed E-state index contributed by atoms with van der Waals surface area (Å²) in [7, 11) is 0. The fourth-order valence-electron chi connectivity index (χ4n) is 1.90. The molecule has 1 N–H and O–H groups in total. The molecule has 1 unspecified atom stereocenters. The maximum absolute atomic E-state index is 10.6. The average Bonchev–Trinajstić information content (AvgIpc) is 2.92. The second-order valence-corrected chi connectivity index (χ2v) is 4.38. The molecule has 0 saturated carbocycles. The highest BCUT2D eigenvalue weighted by atomic mass is 16.6. The Kier molecular flexibility index (Phi) is 3.14. The smallest absolute Gasteiger partial charge is 0.305 e. The average molecular weight is 285 g/mol. The number of nitrogens with one attached hydrogen (secondary N) is 1. The van der Waals surface area contributed by atoms with Gasteiger partial charge in [-0.05, 0) is 19.1 Å². The van der Waals surface area contributed by atoms with Gasteiger partial charge in [-0.3, -0.25) is 14.5 Å². The number of hydrogen-bond acceptors (Lipinski definition) is 7. The third-order valence-corrected chi connectivity index (χ3v) is 2.92. The van der Waals surface area contributed by atoms with Gasteiger partial charge in [0.15, 0.2) is 11.5 Å². The molecule has 0 fully saturated rings. The summed E-state index contributed by atoms with van der Waals surface area (Å²) in [4.78, 5) is 17.8. The predicted octanol–water partition coefficient (Wildman–Crippen LogP) is 1.60. The van der Waals surface area contributed by atoms with Crippen LogP contribution in [-0.4, -0.2) is 29.5 Å². The van der Waals surface area contributed by atoms with Crippen LogP contribution >= 0.6 is 0 Å². The molecule has 3 rings (SSSR count). The Balaban J connectivity index is 1.82. The summed E-state index contributed by atoms with van der Waals surface area (Å²) in [5.41, 5.74) is 0.590. The maximum Gasteiger partial charge on any atom is 0.305 e. The lowest BCUT2D eigenvalue weighted by molar-refractivity contribution is -0.385. The van der Waals surface area contributed by atoms with Crippen LogP contribution in [0.1, 0.15) is 18.8 Å². The minimum atomic E-state index is -0.542. The van der Waals surface area contributed by atoms with Crippen LogP contribution < -0.4 is 5.32 Å². The summed E-state index contributed by atoms with van der Waals surface area (Å²) in [6.07, 6.45) is 4.17. The van der Waals surface area contributed by atoms with Crippen LogP contribution in [0.5, 0.6) is 0 Å². The van der Waals surface area contributed by atoms with E-state index < -0.39 is 4.92 Å². The monoisotopic (exact) mass is 285 g/mol. The first-order chi connectivity index (χ1) is 10.1. The van der Waals surface area contributed by atoms with Gasteiger partial charge in [-0.25, -0.2) is 9.97 Å². The third-order valence-electron chi connectivity index (χ3n) is 2.92. The van der Waals surface area contributed by atoms with Crippen molar-refractivity contribution < 1.29 is 4.92 Å². The van der Waals surface area contributed by atoms with Crippen LogP contribution in [0.15, 0.2) is 36.8 Å². The summed E-state index contributed by atoms with van der Waals surface area (Å²) in [5, 5.41) is 21.8. The molecule has 9 heteroatoms. The summed E-state index contributed by atoms with van der Waals surface area (Å²) in [6.45, 7) is 1.88. The lowest BCUT2D eigenvalue weighted by Gasteiger charge is -2.11. The second-order valence-electron chi connectivity index (χ2n) is 4.38. The first-order valence-corrected chi connectivity index (χ1v) is 6.18. The Bertz CT molecular complexity index is 784. The largest absolute Gasteiger partial charge is 0.344 e. The number of rotatable bonds is 4. The molecular weight excluding hydrogens is 274 g/mol. The van der Waals surface area contributed by atoms with Gasteiger partial charge < -0.3 is 5.32 Å². The Hall–Kier alpha value is -3.10. The zero-order valence-electron chi connectivity index (χ0n) is 11.0. The zero-order valence-corrected chi connectivity index (χ0v) is 11.0. The molecule has 0 aliphatic heterocycles. The number of nitrogens with zero attached hydrogens (tertiary/aromatic N) is 6. The van der Waals surface area contributed by atoms with Crippen LogP contribution in [0.3, 0.4) is 0 Å². The standard InChI is InChI=1S/C12H11N7O2/c1-8(11-17-16-10-4-2-3-5-18(10)11)15-12-13-6-9(7-14-12)19(20)21/h2-8H,1H3,(H,13,14,15). The first kappa shape index (κ1) is 12.9. The van der Waals surface area contributed by atoms with Crippen LogP contribution in [0.25, 0.3) is 5.65 Å². The van der Waals surface area contributed by atoms with E-state index in [-0.39, 0.29) is 11.7 Å². The van der Waals surface area contributed by atoms with E-state index in [1.807, 2.05) is 35.7 Å². The molecule has 21 heavy (non-hydrogen) atoms. The van der Waals surface area contributed by atoms with E-state index in [2.05, 4.69) is 25.5 Å². The summed E-state index contributed by atoms with van der Waals surface area (Å²) in [5.74, 6) is 0.994. The molecule has 1 atom stereocenters. The van der Waals surface area contributed by atoms with Gasteiger partial charge in [0, 0.05) is 6.20 Å². The summed E-state index contributed by atoms with van der Waals surface area (Å²) >= 11 is 0. The molecule has 0 aliphatic carbocycles. The molecule has 3 heterocycles. The molecule has 106 valence electrons. The lowest BCUT2D eigenvalue weighted by atomic mass is 10.3. The maximum atomic E-state index is 10.6. The van der Waals surface area contributed by atoms with Gasteiger partial charge in [0.05, 0.1) is 11.0 Å². The van der Waals surface area contributed by atoms with Gasteiger partial charge in [-0.2, -0.15) is 0 Å². The van der Waals surface area contributed by atoms with Gasteiger partial charge in [-0.15, -0.1) is 10.2 Å². The summed E-state index contributed by atoms with van der Waals surface area (Å²) in [6, 6.07) is 5.41. The van der Waals surface area contributed by atoms with E-state index >= 15 is 0 Å². The highest BCUT2D eigenvalue weighted by molar-refractivity contribution is 5.39. The lowest BCUT2D eigenvalue weighted by Crippen LogP contribution is -2.12. The van der Waals surface area contributed by atoms with Crippen molar-refractivity contribution in [3.63, 3.8) is 0 Å². The van der Waals surface area contributed by atoms with Crippen LogP contribution in [0, 0.1) is 10.1 Å². The van der Waals surface area contributed by atoms with Gasteiger partial charge in [0.25, 0.3) is 0 Å². The molecule has 0 aliphatic rings. The highest BCUT2D eigenvalue weighted by Gasteiger charge is 2.15. The molecule has 0 saturated heterocycles. The number of fused-ring (bicyclic) bond motifs is 1. The third kappa shape index (κ3) is 2.48. The first-order valence-electron chi connectivity index (χ1n) is 6.18. The molecule has 0 radical (unpaired) electrons. The minimum Gasteiger partial charge on any atom is -0.344 e.